The summed E-state index contributed by atoms with van der Waals surface area (Å²) in [6, 6.07) is 16.2. The summed E-state index contributed by atoms with van der Waals surface area (Å²) in [5.74, 6) is 0.470. The molecule has 5 aromatic rings. The quantitative estimate of drug-likeness (QED) is 0.0907. The van der Waals surface area contributed by atoms with Crippen molar-refractivity contribution < 1.29 is 31.8 Å². The second kappa shape index (κ2) is 12.3. The van der Waals surface area contributed by atoms with Crippen LogP contribution in [-0.2, 0) is 18.5 Å². The molecule has 5 rings (SSSR count). The molecule has 0 N–H and O–H groups in total. The lowest BCUT2D eigenvalue weighted by atomic mass is 10.0. The molecule has 2 heterocycles. The van der Waals surface area contributed by atoms with Crippen LogP contribution < -0.4 is 14.2 Å². The van der Waals surface area contributed by atoms with Crippen LogP contribution in [0.1, 0.15) is 11.1 Å². The van der Waals surface area contributed by atoms with Crippen molar-refractivity contribution in [1.82, 2.24) is 19.7 Å². The van der Waals surface area contributed by atoms with Crippen LogP contribution in [-0.4, -0.2) is 41.1 Å². The van der Waals surface area contributed by atoms with Crippen molar-refractivity contribution >= 4 is 22.7 Å². The molecule has 0 unspecified atom stereocenters. The van der Waals surface area contributed by atoms with Crippen molar-refractivity contribution in [1.29, 1.82) is 0 Å². The van der Waals surface area contributed by atoms with E-state index < -0.39 is 17.6 Å². The number of pyridine rings is 1. The molecule has 0 bridgehead atoms. The molecule has 0 saturated carbocycles. The maximum absolute atomic E-state index is 14.7. The van der Waals surface area contributed by atoms with Crippen LogP contribution in [0.5, 0.6) is 17.2 Å². The average Bonchev–Trinajstić information content (AvgIpc) is 3.40. The van der Waals surface area contributed by atoms with E-state index in [0.29, 0.717) is 57.1 Å². The Hall–Kier alpha value is -4.58. The van der Waals surface area contributed by atoms with E-state index in [2.05, 4.69) is 16.8 Å². The molecule has 0 spiro atoms. The van der Waals surface area contributed by atoms with Gasteiger partial charge in [-0.2, -0.15) is 13.2 Å². The molecule has 2 aromatic heterocycles. The number of rotatable bonds is 10. The van der Waals surface area contributed by atoms with Gasteiger partial charge < -0.3 is 14.2 Å². The van der Waals surface area contributed by atoms with Gasteiger partial charge in [0.05, 0.1) is 38.1 Å². The van der Waals surface area contributed by atoms with Crippen molar-refractivity contribution in [2.45, 2.75) is 23.6 Å². The first-order valence-corrected chi connectivity index (χ1v) is 13.9. The number of halogens is 4. The fraction of sp³-hybridized carbons (Fsp3) is 0.194. The van der Waals surface area contributed by atoms with Gasteiger partial charge in [0.1, 0.15) is 5.82 Å². The third-order valence-corrected chi connectivity index (χ3v) is 7.70. The lowest BCUT2D eigenvalue weighted by molar-refractivity contribution is -0.140. The third-order valence-electron chi connectivity index (χ3n) is 6.69. The predicted molar refractivity (Wildman–Crippen MR) is 157 cm³/mol. The van der Waals surface area contributed by atoms with E-state index in [9.17, 15) is 17.6 Å². The second-order valence-corrected chi connectivity index (χ2v) is 10.2. The largest absolute Gasteiger partial charge is 0.493 e. The molecule has 0 aliphatic rings. The number of aromatic nitrogens is 4. The molecule has 0 aliphatic heterocycles. The van der Waals surface area contributed by atoms with E-state index >= 15 is 0 Å². The zero-order valence-electron chi connectivity index (χ0n) is 23.4. The van der Waals surface area contributed by atoms with Crippen molar-refractivity contribution in [2.24, 2.45) is 0 Å². The van der Waals surface area contributed by atoms with Crippen LogP contribution in [0.25, 0.3) is 33.5 Å². The molecule has 0 atom stereocenters. The maximum Gasteiger partial charge on any atom is 0.419 e. The fourth-order valence-corrected chi connectivity index (χ4v) is 5.60. The van der Waals surface area contributed by atoms with Gasteiger partial charge in [0, 0.05) is 28.8 Å². The van der Waals surface area contributed by atoms with E-state index in [-0.39, 0.29) is 11.3 Å². The molecule has 0 saturated heterocycles. The number of thioether (sulfide) groups is 1. The summed E-state index contributed by atoms with van der Waals surface area (Å²) in [7, 11) is 4.58. The Morgan fingerprint density at radius 1 is 0.930 bits per heavy atom. The van der Waals surface area contributed by atoms with Gasteiger partial charge in [-0.15, -0.1) is 16.8 Å². The summed E-state index contributed by atoms with van der Waals surface area (Å²) in [6.07, 6.45) is -3.13. The summed E-state index contributed by atoms with van der Waals surface area (Å²) in [4.78, 5) is 4.87. The Morgan fingerprint density at radius 3 is 2.30 bits per heavy atom. The summed E-state index contributed by atoms with van der Waals surface area (Å²) < 4.78 is 72.7. The molecule has 0 fully saturated rings. The maximum atomic E-state index is 14.7. The zero-order chi connectivity index (χ0) is 30.7. The van der Waals surface area contributed by atoms with E-state index in [1.165, 1.54) is 33.5 Å². The van der Waals surface area contributed by atoms with Gasteiger partial charge in [-0.25, -0.2) is 9.37 Å². The lowest BCUT2D eigenvalue weighted by Gasteiger charge is -2.15. The Labute approximate surface area is 249 Å². The van der Waals surface area contributed by atoms with Crippen LogP contribution in [0.3, 0.4) is 0 Å². The first-order valence-electron chi connectivity index (χ1n) is 12.9. The number of hydrogen-bond donors (Lipinski definition) is 0. The van der Waals surface area contributed by atoms with Gasteiger partial charge in [0.25, 0.3) is 0 Å². The molecule has 0 aliphatic carbocycles. The topological polar surface area (TPSA) is 71.3 Å². The molecule has 12 heteroatoms. The summed E-state index contributed by atoms with van der Waals surface area (Å²) >= 11 is 1.08. The Bertz CT molecular complexity index is 1780. The first-order chi connectivity index (χ1) is 20.7. The molecule has 0 amide bonds. The first kappa shape index (κ1) is 29.9. The van der Waals surface area contributed by atoms with Gasteiger partial charge in [0.2, 0.25) is 5.75 Å². The van der Waals surface area contributed by atoms with Gasteiger partial charge in [-0.1, -0.05) is 48.2 Å². The summed E-state index contributed by atoms with van der Waals surface area (Å²) in [6.45, 7) is 4.14. The number of para-hydroxylation sites is 1. The summed E-state index contributed by atoms with van der Waals surface area (Å²) in [5, 5.41) is 9.96. The highest BCUT2D eigenvalue weighted by Crippen LogP contribution is 2.42. The van der Waals surface area contributed by atoms with E-state index in [0.717, 1.165) is 23.2 Å². The number of alkyl halides is 3. The SMILES string of the molecule is C=CCn1c(SCc2cccc(C(F)(F)F)c2F)nnc1-c1cc(-c2cc(OC)c(OC)c(OC)c2)nc2ccccc12. The Balaban J connectivity index is 1.60. The average molecular weight is 611 g/mol. The minimum absolute atomic E-state index is 0.0845. The predicted octanol–water partition coefficient (Wildman–Crippen LogP) is 7.82. The standard InChI is InChI=1S/C31H26F4N4O3S/c1-5-13-39-29(37-38-30(39)43-17-18-9-8-11-22(27(18)32)31(33,34)35)21-16-24(36-23-12-7-6-10-20(21)23)19-14-25(40-2)28(42-4)26(15-19)41-3/h5-12,14-16H,1,13,17H2,2-4H3. The monoisotopic (exact) mass is 610 g/mol. The van der Waals surface area contributed by atoms with Crippen LogP contribution in [0.2, 0.25) is 0 Å². The smallest absolute Gasteiger partial charge is 0.419 e. The van der Waals surface area contributed by atoms with Crippen molar-refractivity contribution in [2.75, 3.05) is 21.3 Å². The Kier molecular flexibility index (Phi) is 8.58. The molecule has 0 radical (unpaired) electrons. The van der Waals surface area contributed by atoms with Gasteiger partial charge >= 0.3 is 6.18 Å². The van der Waals surface area contributed by atoms with Crippen LogP contribution >= 0.6 is 11.8 Å². The number of ether oxygens (including phenoxy) is 3. The normalized spacial score (nSPS) is 11.5. The highest BCUT2D eigenvalue weighted by atomic mass is 32.2. The highest BCUT2D eigenvalue weighted by molar-refractivity contribution is 7.98. The number of fused-ring (bicyclic) bond motifs is 1. The minimum Gasteiger partial charge on any atom is -0.493 e. The van der Waals surface area contributed by atoms with Crippen LogP contribution in [0.15, 0.2) is 78.5 Å². The van der Waals surface area contributed by atoms with Crippen molar-refractivity contribution in [3.63, 3.8) is 0 Å². The van der Waals surface area contributed by atoms with Gasteiger partial charge in [-0.05, 0) is 35.9 Å². The molecular weight excluding hydrogens is 584 g/mol. The van der Waals surface area contributed by atoms with Crippen LogP contribution in [0.4, 0.5) is 17.6 Å². The number of hydrogen-bond acceptors (Lipinski definition) is 7. The third kappa shape index (κ3) is 5.87. The number of allylic oxidation sites excluding steroid dienone is 1. The van der Waals surface area contributed by atoms with E-state index in [1.807, 2.05) is 30.3 Å². The number of benzene rings is 3. The lowest BCUT2D eigenvalue weighted by Crippen LogP contribution is -2.09. The Morgan fingerprint density at radius 2 is 1.65 bits per heavy atom. The van der Waals surface area contributed by atoms with Gasteiger partial charge in [-0.3, -0.25) is 4.57 Å². The highest BCUT2D eigenvalue weighted by Gasteiger charge is 2.34. The zero-order valence-corrected chi connectivity index (χ0v) is 24.2. The van der Waals surface area contributed by atoms with E-state index in [1.54, 1.807) is 22.8 Å². The minimum atomic E-state index is -4.79. The summed E-state index contributed by atoms with van der Waals surface area (Å²) in [5.41, 5.74) is 1.31. The number of methoxy groups -OCH3 is 3. The molecule has 43 heavy (non-hydrogen) atoms. The fourth-order valence-electron chi connectivity index (χ4n) is 4.68. The number of nitrogens with zero attached hydrogens (tertiary/aromatic N) is 4. The molecule has 7 nitrogen and oxygen atoms in total. The van der Waals surface area contributed by atoms with Crippen molar-refractivity contribution in [3.8, 4) is 39.9 Å². The molecular formula is C31H26F4N4O3S. The van der Waals surface area contributed by atoms with E-state index in [4.69, 9.17) is 19.2 Å². The van der Waals surface area contributed by atoms with Crippen LogP contribution in [0, 0.1) is 5.82 Å². The van der Waals surface area contributed by atoms with Crippen molar-refractivity contribution in [3.05, 3.63) is 90.3 Å². The molecule has 222 valence electrons. The van der Waals surface area contributed by atoms with Gasteiger partial charge in [0.15, 0.2) is 22.5 Å². The molecule has 3 aromatic carbocycles. The second-order valence-electron chi connectivity index (χ2n) is 9.26.